The van der Waals surface area contributed by atoms with Crippen molar-refractivity contribution < 1.29 is 9.53 Å². The molecule has 1 fully saturated rings. The van der Waals surface area contributed by atoms with E-state index in [1.807, 2.05) is 6.20 Å². The molecule has 3 rings (SSSR count). The maximum absolute atomic E-state index is 10.9. The maximum atomic E-state index is 10.9. The van der Waals surface area contributed by atoms with Gasteiger partial charge in [-0.1, -0.05) is 0 Å². The highest BCUT2D eigenvalue weighted by Crippen LogP contribution is 2.18. The number of aromatic nitrogens is 3. The second kappa shape index (κ2) is 4.86. The zero-order valence-corrected chi connectivity index (χ0v) is 10.1. The predicted octanol–water partition coefficient (Wildman–Crippen LogP) is 1.51. The molecular weight excluding hydrogens is 230 g/mol. The molecule has 1 aliphatic heterocycles. The van der Waals surface area contributed by atoms with Crippen molar-refractivity contribution in [2.45, 2.75) is 19.3 Å². The summed E-state index contributed by atoms with van der Waals surface area (Å²) >= 11 is 0. The summed E-state index contributed by atoms with van der Waals surface area (Å²) in [7, 11) is 0. The van der Waals surface area contributed by atoms with Crippen LogP contribution in [-0.2, 0) is 11.2 Å². The van der Waals surface area contributed by atoms with E-state index in [1.165, 1.54) is 0 Å². The van der Waals surface area contributed by atoms with Gasteiger partial charge in [0, 0.05) is 25.8 Å². The lowest BCUT2D eigenvalue weighted by molar-refractivity contribution is 0.0543. The minimum atomic E-state index is 0.496. The Labute approximate surface area is 105 Å². The molecule has 2 aromatic rings. The first-order valence-corrected chi connectivity index (χ1v) is 6.24. The van der Waals surface area contributed by atoms with Crippen LogP contribution in [0.25, 0.3) is 5.65 Å². The SMILES string of the molecule is O=Cc1cccn2nc(CC3CCCOC3)nc12. The van der Waals surface area contributed by atoms with Crippen LogP contribution >= 0.6 is 0 Å². The summed E-state index contributed by atoms with van der Waals surface area (Å²) in [5, 5.41) is 4.41. The Hall–Kier alpha value is -1.75. The second-order valence-corrected chi connectivity index (χ2v) is 4.66. The Morgan fingerprint density at radius 1 is 1.56 bits per heavy atom. The van der Waals surface area contributed by atoms with Crippen molar-refractivity contribution in [1.82, 2.24) is 14.6 Å². The van der Waals surface area contributed by atoms with Gasteiger partial charge in [0.2, 0.25) is 0 Å². The molecular formula is C13H15N3O2. The molecule has 1 aliphatic rings. The van der Waals surface area contributed by atoms with E-state index >= 15 is 0 Å². The van der Waals surface area contributed by atoms with E-state index in [0.29, 0.717) is 17.1 Å². The number of hydrogen-bond acceptors (Lipinski definition) is 4. The average molecular weight is 245 g/mol. The number of aldehydes is 1. The van der Waals surface area contributed by atoms with Gasteiger partial charge in [0.15, 0.2) is 17.8 Å². The van der Waals surface area contributed by atoms with Gasteiger partial charge < -0.3 is 4.74 Å². The predicted molar refractivity (Wildman–Crippen MR) is 65.6 cm³/mol. The zero-order valence-electron chi connectivity index (χ0n) is 10.1. The summed E-state index contributed by atoms with van der Waals surface area (Å²) in [5.41, 5.74) is 1.22. The second-order valence-electron chi connectivity index (χ2n) is 4.66. The van der Waals surface area contributed by atoms with Gasteiger partial charge in [-0.2, -0.15) is 5.10 Å². The van der Waals surface area contributed by atoms with Crippen molar-refractivity contribution in [2.75, 3.05) is 13.2 Å². The fraction of sp³-hybridized carbons (Fsp3) is 0.462. The van der Waals surface area contributed by atoms with Crippen molar-refractivity contribution in [3.63, 3.8) is 0 Å². The normalized spacial score (nSPS) is 20.1. The van der Waals surface area contributed by atoms with Gasteiger partial charge in [0.25, 0.3) is 0 Å². The molecule has 0 aliphatic carbocycles. The van der Waals surface area contributed by atoms with Crippen LogP contribution in [0.15, 0.2) is 18.3 Å². The summed E-state index contributed by atoms with van der Waals surface area (Å²) in [6.07, 6.45) is 5.72. The molecule has 2 aromatic heterocycles. The molecule has 1 saturated heterocycles. The van der Waals surface area contributed by atoms with Crippen LogP contribution in [-0.4, -0.2) is 34.1 Å². The molecule has 0 aromatic carbocycles. The Balaban J connectivity index is 1.86. The number of pyridine rings is 1. The van der Waals surface area contributed by atoms with Gasteiger partial charge in [0.05, 0.1) is 5.56 Å². The number of carbonyl (C=O) groups excluding carboxylic acids is 1. The number of ether oxygens (including phenoxy) is 1. The van der Waals surface area contributed by atoms with Crippen molar-refractivity contribution in [3.8, 4) is 0 Å². The minimum absolute atomic E-state index is 0.496. The van der Waals surface area contributed by atoms with Crippen molar-refractivity contribution in [2.24, 2.45) is 5.92 Å². The van der Waals surface area contributed by atoms with E-state index in [9.17, 15) is 4.79 Å². The van der Waals surface area contributed by atoms with Crippen LogP contribution < -0.4 is 0 Å². The fourth-order valence-corrected chi connectivity index (χ4v) is 2.38. The highest BCUT2D eigenvalue weighted by molar-refractivity contribution is 5.83. The highest BCUT2D eigenvalue weighted by Gasteiger charge is 2.17. The Morgan fingerprint density at radius 3 is 3.28 bits per heavy atom. The summed E-state index contributed by atoms with van der Waals surface area (Å²) in [4.78, 5) is 15.4. The van der Waals surface area contributed by atoms with E-state index < -0.39 is 0 Å². The van der Waals surface area contributed by atoms with Crippen molar-refractivity contribution in [1.29, 1.82) is 0 Å². The van der Waals surface area contributed by atoms with Crippen molar-refractivity contribution >= 4 is 11.9 Å². The van der Waals surface area contributed by atoms with Crippen LogP contribution in [0.2, 0.25) is 0 Å². The van der Waals surface area contributed by atoms with E-state index in [-0.39, 0.29) is 0 Å². The standard InChI is InChI=1S/C13H15N3O2/c17-8-11-4-1-5-16-13(11)14-12(15-16)7-10-3-2-6-18-9-10/h1,4-5,8,10H,2-3,6-7,9H2. The van der Waals surface area contributed by atoms with Crippen LogP contribution in [0, 0.1) is 5.92 Å². The fourth-order valence-electron chi connectivity index (χ4n) is 2.38. The minimum Gasteiger partial charge on any atom is -0.381 e. The molecule has 18 heavy (non-hydrogen) atoms. The number of fused-ring (bicyclic) bond motifs is 1. The first kappa shape index (κ1) is 11.3. The van der Waals surface area contributed by atoms with Gasteiger partial charge in [-0.15, -0.1) is 0 Å². The molecule has 1 atom stereocenters. The van der Waals surface area contributed by atoms with Gasteiger partial charge >= 0.3 is 0 Å². The zero-order chi connectivity index (χ0) is 12.4. The van der Waals surface area contributed by atoms with Crippen LogP contribution in [0.3, 0.4) is 0 Å². The lowest BCUT2D eigenvalue weighted by Crippen LogP contribution is -2.19. The molecule has 5 nitrogen and oxygen atoms in total. The lowest BCUT2D eigenvalue weighted by Gasteiger charge is -2.20. The number of nitrogens with zero attached hydrogens (tertiary/aromatic N) is 3. The molecule has 0 radical (unpaired) electrons. The first-order valence-electron chi connectivity index (χ1n) is 6.24. The van der Waals surface area contributed by atoms with Crippen LogP contribution in [0.1, 0.15) is 29.0 Å². The largest absolute Gasteiger partial charge is 0.381 e. The molecule has 3 heterocycles. The van der Waals surface area contributed by atoms with Gasteiger partial charge in [-0.3, -0.25) is 4.79 Å². The Kier molecular flexibility index (Phi) is 3.06. The monoisotopic (exact) mass is 245 g/mol. The highest BCUT2D eigenvalue weighted by atomic mass is 16.5. The van der Waals surface area contributed by atoms with E-state index in [2.05, 4.69) is 10.1 Å². The molecule has 0 saturated carbocycles. The van der Waals surface area contributed by atoms with Gasteiger partial charge in [-0.25, -0.2) is 9.50 Å². The third-order valence-corrected chi connectivity index (χ3v) is 3.29. The quantitative estimate of drug-likeness (QED) is 0.769. The summed E-state index contributed by atoms with van der Waals surface area (Å²) in [6.45, 7) is 1.65. The van der Waals surface area contributed by atoms with Gasteiger partial charge in [-0.05, 0) is 30.9 Å². The lowest BCUT2D eigenvalue weighted by atomic mass is 9.98. The van der Waals surface area contributed by atoms with E-state index in [0.717, 1.165) is 44.6 Å². The molecule has 0 N–H and O–H groups in total. The molecule has 1 unspecified atom stereocenters. The smallest absolute Gasteiger partial charge is 0.166 e. The number of rotatable bonds is 3. The molecule has 0 bridgehead atoms. The first-order chi connectivity index (χ1) is 8.86. The van der Waals surface area contributed by atoms with Gasteiger partial charge in [0.1, 0.15) is 0 Å². The molecule has 5 heteroatoms. The third-order valence-electron chi connectivity index (χ3n) is 3.29. The topological polar surface area (TPSA) is 56.5 Å². The number of hydrogen-bond donors (Lipinski definition) is 0. The van der Waals surface area contributed by atoms with Crippen LogP contribution in [0.5, 0.6) is 0 Å². The Morgan fingerprint density at radius 2 is 2.50 bits per heavy atom. The third kappa shape index (κ3) is 2.13. The molecule has 94 valence electrons. The molecule has 0 spiro atoms. The Bertz CT molecular complexity index is 558. The molecule has 0 amide bonds. The van der Waals surface area contributed by atoms with Crippen molar-refractivity contribution in [3.05, 3.63) is 29.7 Å². The van der Waals surface area contributed by atoms with Crippen LogP contribution in [0.4, 0.5) is 0 Å². The summed E-state index contributed by atoms with van der Waals surface area (Å²) in [6, 6.07) is 3.56. The average Bonchev–Trinajstić information content (AvgIpc) is 2.82. The van der Waals surface area contributed by atoms with E-state index in [4.69, 9.17) is 4.74 Å². The number of carbonyl (C=O) groups is 1. The summed E-state index contributed by atoms with van der Waals surface area (Å²) < 4.78 is 7.12. The maximum Gasteiger partial charge on any atom is 0.166 e. The summed E-state index contributed by atoms with van der Waals surface area (Å²) in [5.74, 6) is 1.29. The van der Waals surface area contributed by atoms with E-state index in [1.54, 1.807) is 16.6 Å².